The third-order valence-electron chi connectivity index (χ3n) is 6.65. The molecule has 0 saturated heterocycles. The van der Waals surface area contributed by atoms with E-state index in [4.69, 9.17) is 0 Å². The molecule has 4 bridgehead atoms. The fraction of sp³-hybridized carbons (Fsp3) is 0.700. The molecule has 0 radical (unpaired) electrons. The van der Waals surface area contributed by atoms with Crippen LogP contribution in [0.5, 0.6) is 0 Å². The molecule has 114 valence electrons. The van der Waals surface area contributed by atoms with Gasteiger partial charge in [0, 0.05) is 11.7 Å². The number of anilines is 1. The van der Waals surface area contributed by atoms with Gasteiger partial charge in [0.05, 0.1) is 0 Å². The minimum Gasteiger partial charge on any atom is -0.382 e. The van der Waals surface area contributed by atoms with E-state index in [1.165, 1.54) is 43.4 Å². The first-order valence-electron chi connectivity index (χ1n) is 9.09. The van der Waals surface area contributed by atoms with E-state index in [9.17, 15) is 0 Å². The van der Waals surface area contributed by atoms with Gasteiger partial charge in [-0.15, -0.1) is 0 Å². The van der Waals surface area contributed by atoms with Crippen LogP contribution in [0.15, 0.2) is 24.3 Å². The van der Waals surface area contributed by atoms with Crippen LogP contribution in [0, 0.1) is 23.7 Å². The van der Waals surface area contributed by atoms with E-state index in [-0.39, 0.29) is 0 Å². The van der Waals surface area contributed by atoms with E-state index in [0.717, 1.165) is 29.7 Å². The molecule has 1 heteroatoms. The summed E-state index contributed by atoms with van der Waals surface area (Å²) in [6, 6.07) is 10.0. The second kappa shape index (κ2) is 5.34. The number of nitrogens with one attached hydrogen (secondary N) is 1. The van der Waals surface area contributed by atoms with E-state index >= 15 is 0 Å². The summed E-state index contributed by atoms with van der Waals surface area (Å²) in [5, 5.41) is 3.91. The lowest BCUT2D eigenvalue weighted by atomic mass is 9.54. The molecule has 0 amide bonds. The monoisotopic (exact) mass is 283 g/mol. The molecule has 21 heavy (non-hydrogen) atoms. The van der Waals surface area contributed by atoms with E-state index < -0.39 is 0 Å². The highest BCUT2D eigenvalue weighted by Crippen LogP contribution is 2.54. The second-order valence-corrected chi connectivity index (χ2v) is 8.03. The van der Waals surface area contributed by atoms with Crippen LogP contribution in [-0.4, -0.2) is 6.04 Å². The minimum atomic E-state index is 0.681. The second-order valence-electron chi connectivity index (χ2n) is 8.03. The van der Waals surface area contributed by atoms with Crippen LogP contribution >= 0.6 is 0 Å². The summed E-state index contributed by atoms with van der Waals surface area (Å²) in [7, 11) is 0. The molecular formula is C20H29N. The predicted octanol–water partition coefficient (Wildman–Crippen LogP) is 5.44. The van der Waals surface area contributed by atoms with Crippen LogP contribution in [-0.2, 0) is 0 Å². The number of benzene rings is 1. The van der Waals surface area contributed by atoms with Crippen LogP contribution in [0.2, 0.25) is 0 Å². The quantitative estimate of drug-likeness (QED) is 0.776. The topological polar surface area (TPSA) is 12.0 Å². The molecular weight excluding hydrogens is 254 g/mol. The Hall–Kier alpha value is -0.980. The molecule has 4 aliphatic rings. The van der Waals surface area contributed by atoms with Crippen molar-refractivity contribution in [1.82, 2.24) is 0 Å². The normalized spacial score (nSPS) is 38.5. The van der Waals surface area contributed by atoms with Crippen molar-refractivity contribution in [1.29, 1.82) is 0 Å². The maximum atomic E-state index is 3.91. The highest BCUT2D eigenvalue weighted by atomic mass is 14.9. The van der Waals surface area contributed by atoms with Gasteiger partial charge < -0.3 is 5.32 Å². The van der Waals surface area contributed by atoms with Crippen LogP contribution in [0.4, 0.5) is 5.69 Å². The Morgan fingerprint density at radius 1 is 0.952 bits per heavy atom. The molecule has 4 saturated carbocycles. The van der Waals surface area contributed by atoms with Crippen molar-refractivity contribution < 1.29 is 0 Å². The van der Waals surface area contributed by atoms with Crippen molar-refractivity contribution in [2.24, 2.45) is 23.7 Å². The van der Waals surface area contributed by atoms with Gasteiger partial charge in [0.2, 0.25) is 0 Å². The largest absolute Gasteiger partial charge is 0.382 e. The molecule has 0 aromatic heterocycles. The van der Waals surface area contributed by atoms with Gasteiger partial charge in [-0.2, -0.15) is 0 Å². The molecule has 1 aromatic carbocycles. The van der Waals surface area contributed by atoms with Crippen LogP contribution in [0.3, 0.4) is 0 Å². The predicted molar refractivity (Wildman–Crippen MR) is 89.6 cm³/mol. The molecule has 4 aliphatic carbocycles. The number of rotatable bonds is 4. The smallest absolute Gasteiger partial charge is 0.0342 e. The summed E-state index contributed by atoms with van der Waals surface area (Å²) < 4.78 is 0. The molecule has 1 unspecified atom stereocenters. The minimum absolute atomic E-state index is 0.681. The Balaban J connectivity index is 1.46. The van der Waals surface area contributed by atoms with Crippen LogP contribution < -0.4 is 5.32 Å². The summed E-state index contributed by atoms with van der Waals surface area (Å²) in [5.41, 5.74) is 2.83. The first-order valence-corrected chi connectivity index (χ1v) is 9.09. The molecule has 0 spiro atoms. The van der Waals surface area contributed by atoms with E-state index in [2.05, 4.69) is 43.4 Å². The van der Waals surface area contributed by atoms with Gasteiger partial charge in [0.15, 0.2) is 0 Å². The van der Waals surface area contributed by atoms with Crippen LogP contribution in [0.1, 0.15) is 63.9 Å². The first-order chi connectivity index (χ1) is 10.2. The van der Waals surface area contributed by atoms with Crippen molar-refractivity contribution in [3.8, 4) is 0 Å². The van der Waals surface area contributed by atoms with Gasteiger partial charge in [-0.25, -0.2) is 0 Å². The maximum absolute atomic E-state index is 3.91. The van der Waals surface area contributed by atoms with Crippen molar-refractivity contribution in [2.45, 2.75) is 64.3 Å². The molecule has 1 N–H and O–H groups in total. The third kappa shape index (κ3) is 2.49. The highest BCUT2D eigenvalue weighted by Gasteiger charge is 2.48. The zero-order valence-electron chi connectivity index (χ0n) is 13.5. The zero-order chi connectivity index (χ0) is 14.4. The molecule has 1 nitrogen and oxygen atoms in total. The van der Waals surface area contributed by atoms with E-state index in [1.807, 2.05) is 0 Å². The lowest BCUT2D eigenvalue weighted by Gasteiger charge is -2.54. The molecule has 1 atom stereocenters. The summed E-state index contributed by atoms with van der Waals surface area (Å²) in [5.74, 6) is 4.72. The Bertz CT molecular complexity index is 461. The average Bonchev–Trinajstić information content (AvgIpc) is 2.50. The fourth-order valence-corrected chi connectivity index (χ4v) is 5.50. The van der Waals surface area contributed by atoms with Gasteiger partial charge in [-0.1, -0.05) is 26.0 Å². The van der Waals surface area contributed by atoms with Gasteiger partial charge >= 0.3 is 0 Å². The Kier molecular flexibility index (Phi) is 3.47. The van der Waals surface area contributed by atoms with Crippen LogP contribution in [0.25, 0.3) is 0 Å². The van der Waals surface area contributed by atoms with E-state index in [1.54, 1.807) is 6.42 Å². The van der Waals surface area contributed by atoms with Crippen molar-refractivity contribution in [2.75, 3.05) is 5.32 Å². The van der Waals surface area contributed by atoms with E-state index in [0.29, 0.717) is 5.92 Å². The van der Waals surface area contributed by atoms with Gasteiger partial charge in [0.25, 0.3) is 0 Å². The average molecular weight is 283 g/mol. The fourth-order valence-electron chi connectivity index (χ4n) is 5.50. The summed E-state index contributed by atoms with van der Waals surface area (Å²) in [6.07, 6.45) is 8.75. The molecule has 5 rings (SSSR count). The first kappa shape index (κ1) is 13.7. The maximum Gasteiger partial charge on any atom is 0.0342 e. The zero-order valence-corrected chi connectivity index (χ0v) is 13.5. The van der Waals surface area contributed by atoms with Crippen molar-refractivity contribution >= 4 is 5.69 Å². The van der Waals surface area contributed by atoms with Crippen molar-refractivity contribution in [3.05, 3.63) is 29.8 Å². The summed E-state index contributed by atoms with van der Waals surface area (Å²) >= 11 is 0. The molecule has 4 fully saturated rings. The van der Waals surface area contributed by atoms with Gasteiger partial charge in [0.1, 0.15) is 0 Å². The third-order valence-corrected chi connectivity index (χ3v) is 6.65. The van der Waals surface area contributed by atoms with Crippen molar-refractivity contribution in [3.63, 3.8) is 0 Å². The number of hydrogen-bond donors (Lipinski definition) is 1. The standard InChI is InChI=1S/C20H29N/c1-3-13(2)16-4-6-19(7-5-16)21-20-17-9-14-8-15(11-17)12-18(20)10-14/h4-7,13-15,17-18,20-21H,3,8-12H2,1-2H3. The lowest BCUT2D eigenvalue weighted by molar-refractivity contribution is 0.00754. The summed E-state index contributed by atoms with van der Waals surface area (Å²) in [4.78, 5) is 0. The number of hydrogen-bond acceptors (Lipinski definition) is 1. The molecule has 0 aliphatic heterocycles. The Morgan fingerprint density at radius 2 is 1.52 bits per heavy atom. The Labute approximate surface area is 129 Å². The van der Waals surface area contributed by atoms with Gasteiger partial charge in [-0.05, 0) is 85.8 Å². The highest BCUT2D eigenvalue weighted by molar-refractivity contribution is 5.46. The molecule has 0 heterocycles. The SMILES string of the molecule is CCC(C)c1ccc(NC2C3CC4CC(C3)CC2C4)cc1. The van der Waals surface area contributed by atoms with Gasteiger partial charge in [-0.3, -0.25) is 0 Å². The molecule has 1 aromatic rings. The summed E-state index contributed by atoms with van der Waals surface area (Å²) in [6.45, 7) is 4.59. The lowest BCUT2D eigenvalue weighted by Crippen LogP contribution is -2.51. The Morgan fingerprint density at radius 3 is 2.05 bits per heavy atom.